The highest BCUT2D eigenvalue weighted by Crippen LogP contribution is 2.24. The van der Waals surface area contributed by atoms with E-state index in [1.54, 1.807) is 0 Å². The lowest BCUT2D eigenvalue weighted by Gasteiger charge is -2.20. The molecule has 0 spiro atoms. The van der Waals surface area contributed by atoms with Crippen LogP contribution in [0.3, 0.4) is 0 Å². The van der Waals surface area contributed by atoms with Crippen molar-refractivity contribution in [3.8, 4) is 0 Å². The molecule has 2 saturated carbocycles. The fourth-order valence-electron chi connectivity index (χ4n) is 4.41. The summed E-state index contributed by atoms with van der Waals surface area (Å²) < 4.78 is 9.99. The Labute approximate surface area is 296 Å². The van der Waals surface area contributed by atoms with E-state index in [4.69, 9.17) is 9.47 Å². The van der Waals surface area contributed by atoms with Gasteiger partial charge in [-0.15, -0.1) is 0 Å². The van der Waals surface area contributed by atoms with Gasteiger partial charge in [-0.1, -0.05) is 156 Å². The second-order valence-corrected chi connectivity index (χ2v) is 12.0. The molecule has 0 aromatic carbocycles. The van der Waals surface area contributed by atoms with E-state index in [0.29, 0.717) is 6.10 Å². The quantitative estimate of drug-likeness (QED) is 0.271. The summed E-state index contributed by atoms with van der Waals surface area (Å²) in [6.45, 7) is 44.1. The Kier molecular flexibility index (Phi) is 68.5. The van der Waals surface area contributed by atoms with Crippen molar-refractivity contribution in [2.24, 2.45) is 23.7 Å². The lowest BCUT2D eigenvalue weighted by Crippen LogP contribution is -2.22. The highest BCUT2D eigenvalue weighted by atomic mass is 16.5. The maximum Gasteiger partial charge on any atom is 0.0568 e. The van der Waals surface area contributed by atoms with E-state index in [-0.39, 0.29) is 0 Å². The van der Waals surface area contributed by atoms with Gasteiger partial charge in [0.15, 0.2) is 0 Å². The number of nitrogens with one attached hydrogen (secondary N) is 2. The Morgan fingerprint density at radius 3 is 0.978 bits per heavy atom. The lowest BCUT2D eigenvalue weighted by atomic mass is 9.88. The van der Waals surface area contributed by atoms with Crippen molar-refractivity contribution in [1.82, 2.24) is 10.6 Å². The molecule has 0 aromatic rings. The maximum atomic E-state index is 5.06. The topological polar surface area (TPSA) is 42.5 Å². The van der Waals surface area contributed by atoms with Crippen LogP contribution in [0, 0.1) is 23.7 Å². The molecule has 0 amide bonds. The molecule has 4 heterocycles. The normalized spacial score (nSPS) is 24.4. The first-order chi connectivity index (χ1) is 22.4. The molecular formula is C42H98N2O2. The van der Waals surface area contributed by atoms with Crippen molar-refractivity contribution in [2.45, 2.75) is 214 Å². The summed E-state index contributed by atoms with van der Waals surface area (Å²) in [4.78, 5) is 0. The zero-order chi connectivity index (χ0) is 37.0. The van der Waals surface area contributed by atoms with Crippen molar-refractivity contribution in [3.63, 3.8) is 0 Å². The second kappa shape index (κ2) is 54.3. The Hall–Kier alpha value is -0.160. The van der Waals surface area contributed by atoms with Crippen LogP contribution >= 0.6 is 0 Å². The highest BCUT2D eigenvalue weighted by Gasteiger charge is 2.10. The van der Waals surface area contributed by atoms with Gasteiger partial charge in [0.05, 0.1) is 6.10 Å². The molecule has 2 N–H and O–H groups in total. The first-order valence-electron chi connectivity index (χ1n) is 21.0. The summed E-state index contributed by atoms with van der Waals surface area (Å²) in [6, 6.07) is 0.796. The Bertz CT molecular complexity index is 349. The molecule has 4 nitrogen and oxygen atoms in total. The van der Waals surface area contributed by atoms with Gasteiger partial charge >= 0.3 is 0 Å². The second-order valence-electron chi connectivity index (χ2n) is 12.0. The molecule has 2 aliphatic carbocycles. The van der Waals surface area contributed by atoms with E-state index in [0.717, 1.165) is 49.5 Å². The third-order valence-corrected chi connectivity index (χ3v) is 7.74. The number of rotatable bonds is 0. The third kappa shape index (κ3) is 50.7. The van der Waals surface area contributed by atoms with Crippen LogP contribution in [-0.4, -0.2) is 51.6 Å². The molecule has 46 heavy (non-hydrogen) atoms. The van der Waals surface area contributed by atoms with E-state index in [2.05, 4.69) is 52.2 Å². The maximum absolute atomic E-state index is 5.06. The molecular weight excluding hydrogens is 564 g/mol. The van der Waals surface area contributed by atoms with Gasteiger partial charge < -0.3 is 20.1 Å². The number of ether oxygens (including phenoxy) is 2. The molecule has 4 atom stereocenters. The molecule has 4 aliphatic heterocycles. The lowest BCUT2D eigenvalue weighted by molar-refractivity contribution is -0.0375. The molecule has 0 radical (unpaired) electrons. The molecule has 6 rings (SSSR count). The molecule has 6 aliphatic rings. The van der Waals surface area contributed by atoms with Crippen LogP contribution in [0.4, 0.5) is 0 Å². The third-order valence-electron chi connectivity index (χ3n) is 7.74. The number of hydrogen-bond donors (Lipinski definition) is 2. The SMILES string of the molecule is CC.CC.CC.CC.CC.CC.CC1CCC1.CC1CCCC1.C[C@@H]1CCCN1.C[C@@H]1CCNC1.C[C@@H]1CCO1.C[C@@H]1CCOC1. The predicted octanol–water partition coefficient (Wildman–Crippen LogP) is 13.4. The van der Waals surface area contributed by atoms with Gasteiger partial charge in [-0.3, -0.25) is 0 Å². The molecule has 288 valence electrons. The monoisotopic (exact) mass is 663 g/mol. The summed E-state index contributed by atoms with van der Waals surface area (Å²) in [6.07, 6.45) is 17.6. The minimum absolute atomic E-state index is 0.565. The fourth-order valence-corrected chi connectivity index (χ4v) is 4.41. The van der Waals surface area contributed by atoms with Gasteiger partial charge in [0.2, 0.25) is 0 Å². The molecule has 0 bridgehead atoms. The first-order valence-corrected chi connectivity index (χ1v) is 21.0. The minimum atomic E-state index is 0.565. The summed E-state index contributed by atoms with van der Waals surface area (Å²) >= 11 is 0. The Morgan fingerprint density at radius 1 is 0.435 bits per heavy atom. The average Bonchev–Trinajstić information content (AvgIpc) is 3.95. The van der Waals surface area contributed by atoms with Crippen molar-refractivity contribution in [1.29, 1.82) is 0 Å². The minimum Gasteiger partial charge on any atom is -0.381 e. The van der Waals surface area contributed by atoms with Crippen LogP contribution < -0.4 is 10.6 Å². The summed E-state index contributed by atoms with van der Waals surface area (Å²) in [5, 5.41) is 6.59. The van der Waals surface area contributed by atoms with Gasteiger partial charge in [-0.05, 0) is 89.3 Å². The van der Waals surface area contributed by atoms with Crippen molar-refractivity contribution < 1.29 is 9.47 Å². The van der Waals surface area contributed by atoms with E-state index in [1.165, 1.54) is 96.7 Å². The van der Waals surface area contributed by atoms with Gasteiger partial charge in [-0.25, -0.2) is 0 Å². The van der Waals surface area contributed by atoms with E-state index < -0.39 is 0 Å². The fraction of sp³-hybridized carbons (Fsp3) is 1.00. The van der Waals surface area contributed by atoms with Gasteiger partial charge in [0, 0.05) is 25.9 Å². The van der Waals surface area contributed by atoms with Crippen LogP contribution in [-0.2, 0) is 9.47 Å². The summed E-state index contributed by atoms with van der Waals surface area (Å²) in [7, 11) is 0. The van der Waals surface area contributed by atoms with Gasteiger partial charge in [-0.2, -0.15) is 0 Å². The molecule has 6 fully saturated rings. The van der Waals surface area contributed by atoms with Crippen LogP contribution in [0.15, 0.2) is 0 Å². The average molecular weight is 663 g/mol. The van der Waals surface area contributed by atoms with Gasteiger partial charge in [0.25, 0.3) is 0 Å². The van der Waals surface area contributed by atoms with E-state index >= 15 is 0 Å². The van der Waals surface area contributed by atoms with Crippen molar-refractivity contribution in [2.75, 3.05) is 39.5 Å². The highest BCUT2D eigenvalue weighted by molar-refractivity contribution is 4.67. The molecule has 0 unspecified atom stereocenters. The van der Waals surface area contributed by atoms with Crippen molar-refractivity contribution in [3.05, 3.63) is 0 Å². The molecule has 4 heteroatoms. The number of hydrogen-bond acceptors (Lipinski definition) is 4. The Morgan fingerprint density at radius 2 is 0.891 bits per heavy atom. The summed E-state index contributed by atoms with van der Waals surface area (Å²) in [5.41, 5.74) is 0. The first kappa shape index (κ1) is 58.1. The Balaban J connectivity index is -0.0000000980. The molecule has 4 saturated heterocycles. The van der Waals surface area contributed by atoms with Crippen LogP contribution in [0.2, 0.25) is 0 Å². The molecule has 0 aromatic heterocycles. The van der Waals surface area contributed by atoms with Crippen molar-refractivity contribution >= 4 is 0 Å². The standard InChI is InChI=1S/C6H12.2C5H11N.C5H10O.C5H10.C4H8O.6C2H6/c1-6-4-2-3-5-6;1-5-2-3-6-4-5;1-5-3-2-4-6-5;1-5-2-3-6-4-5;1-5-3-2-4-5;1-4-2-3-5-4;6*1-2/h6H,2-5H2,1H3;2*5-6H,2-4H2,1H3;5H,2-4H2,1H3;5H,2-4H2,1H3;4H,2-3H2,1H3;6*1-2H3/t;3*5-;;4-;;;;;;/m.111.1....../s1. The smallest absolute Gasteiger partial charge is 0.0568 e. The van der Waals surface area contributed by atoms with Crippen LogP contribution in [0.5, 0.6) is 0 Å². The predicted molar refractivity (Wildman–Crippen MR) is 217 cm³/mol. The van der Waals surface area contributed by atoms with E-state index in [1.807, 2.05) is 83.1 Å². The van der Waals surface area contributed by atoms with Crippen LogP contribution in [0.25, 0.3) is 0 Å². The largest absolute Gasteiger partial charge is 0.381 e. The van der Waals surface area contributed by atoms with Gasteiger partial charge in [0.1, 0.15) is 0 Å². The summed E-state index contributed by atoms with van der Waals surface area (Å²) in [5.74, 6) is 3.87. The zero-order valence-electron chi connectivity index (χ0n) is 36.0. The van der Waals surface area contributed by atoms with Crippen LogP contribution in [0.1, 0.15) is 202 Å². The van der Waals surface area contributed by atoms with E-state index in [9.17, 15) is 0 Å². The zero-order valence-corrected chi connectivity index (χ0v) is 36.0.